The molecule has 0 aromatic carbocycles. The van der Waals surface area contributed by atoms with Crippen LogP contribution in [0.4, 0.5) is 4.79 Å². The number of hydrogen-bond acceptors (Lipinski definition) is 5. The fraction of sp³-hybridized carbons (Fsp3) is 0.846. The van der Waals surface area contributed by atoms with Crippen LogP contribution in [-0.4, -0.2) is 42.9 Å². The molecule has 1 heterocycles. The number of piperidine rings is 1. The molecule has 0 aliphatic carbocycles. The molecule has 1 fully saturated rings. The van der Waals surface area contributed by atoms with Gasteiger partial charge in [0.15, 0.2) is 0 Å². The van der Waals surface area contributed by atoms with Gasteiger partial charge in [-0.1, -0.05) is 0 Å². The van der Waals surface area contributed by atoms with Crippen molar-refractivity contribution in [3.63, 3.8) is 0 Å². The number of amides is 1. The summed E-state index contributed by atoms with van der Waals surface area (Å²) in [6.45, 7) is 8.72. The predicted molar refractivity (Wildman–Crippen MR) is 70.8 cm³/mol. The quantitative estimate of drug-likeness (QED) is 0.755. The third-order valence-corrected chi connectivity index (χ3v) is 2.86. The standard InChI is InChI=1S/C13H24N2O4/c1-5-18-10(16)13(6-8-14-9-7-13)15-11(17)19-12(2,3)4/h14H,5-9H2,1-4H3,(H,15,17). The molecule has 6 nitrogen and oxygen atoms in total. The average Bonchev–Trinajstić information content (AvgIpc) is 2.27. The number of carbonyl (C=O) groups excluding carboxylic acids is 2. The molecule has 1 aliphatic rings. The van der Waals surface area contributed by atoms with Gasteiger partial charge < -0.3 is 20.1 Å². The van der Waals surface area contributed by atoms with Crippen LogP contribution in [0.3, 0.4) is 0 Å². The first-order valence-corrected chi connectivity index (χ1v) is 6.68. The lowest BCUT2D eigenvalue weighted by atomic mass is 9.88. The molecule has 0 unspecified atom stereocenters. The molecule has 19 heavy (non-hydrogen) atoms. The summed E-state index contributed by atoms with van der Waals surface area (Å²) in [6, 6.07) is 0. The molecule has 1 saturated heterocycles. The Bertz CT molecular complexity index is 330. The summed E-state index contributed by atoms with van der Waals surface area (Å²) < 4.78 is 10.3. The molecular weight excluding hydrogens is 248 g/mol. The molecule has 0 bridgehead atoms. The Morgan fingerprint density at radius 3 is 2.32 bits per heavy atom. The highest BCUT2D eigenvalue weighted by atomic mass is 16.6. The van der Waals surface area contributed by atoms with Crippen LogP contribution in [0.1, 0.15) is 40.5 Å². The van der Waals surface area contributed by atoms with Gasteiger partial charge >= 0.3 is 12.1 Å². The largest absolute Gasteiger partial charge is 0.464 e. The van der Waals surface area contributed by atoms with E-state index in [4.69, 9.17) is 9.47 Å². The number of hydrogen-bond donors (Lipinski definition) is 2. The minimum atomic E-state index is -0.969. The maximum absolute atomic E-state index is 12.1. The van der Waals surface area contributed by atoms with Gasteiger partial charge in [-0.2, -0.15) is 0 Å². The lowest BCUT2D eigenvalue weighted by molar-refractivity contribution is -0.152. The molecule has 110 valence electrons. The van der Waals surface area contributed by atoms with E-state index in [1.54, 1.807) is 27.7 Å². The average molecular weight is 272 g/mol. The Morgan fingerprint density at radius 1 is 1.26 bits per heavy atom. The van der Waals surface area contributed by atoms with Crippen molar-refractivity contribution in [1.82, 2.24) is 10.6 Å². The van der Waals surface area contributed by atoms with Gasteiger partial charge in [0.2, 0.25) is 0 Å². The van der Waals surface area contributed by atoms with Crippen molar-refractivity contribution in [2.24, 2.45) is 0 Å². The van der Waals surface area contributed by atoms with Crippen molar-refractivity contribution in [3.05, 3.63) is 0 Å². The predicted octanol–water partition coefficient (Wildman–Crippen LogP) is 1.20. The summed E-state index contributed by atoms with van der Waals surface area (Å²) in [6.07, 6.45) is 0.429. The first kappa shape index (κ1) is 15.8. The third-order valence-electron chi connectivity index (χ3n) is 2.86. The van der Waals surface area contributed by atoms with Crippen LogP contribution in [0.2, 0.25) is 0 Å². The van der Waals surface area contributed by atoms with Crippen molar-refractivity contribution in [1.29, 1.82) is 0 Å². The Labute approximate surface area is 114 Å². The van der Waals surface area contributed by atoms with E-state index in [1.807, 2.05) is 0 Å². The topological polar surface area (TPSA) is 76.7 Å². The second kappa shape index (κ2) is 6.23. The highest BCUT2D eigenvalue weighted by Gasteiger charge is 2.43. The number of rotatable bonds is 3. The smallest absolute Gasteiger partial charge is 0.408 e. The van der Waals surface area contributed by atoms with E-state index in [0.717, 1.165) is 0 Å². The zero-order valence-corrected chi connectivity index (χ0v) is 12.2. The summed E-state index contributed by atoms with van der Waals surface area (Å²) in [4.78, 5) is 24.0. The normalized spacial score (nSPS) is 18.5. The second-order valence-corrected chi connectivity index (χ2v) is 5.68. The Hall–Kier alpha value is -1.30. The SMILES string of the molecule is CCOC(=O)C1(NC(=O)OC(C)(C)C)CCNCC1. The summed E-state index contributed by atoms with van der Waals surface area (Å²) >= 11 is 0. The van der Waals surface area contributed by atoms with Crippen LogP contribution in [-0.2, 0) is 14.3 Å². The van der Waals surface area contributed by atoms with Gasteiger partial charge in [0.05, 0.1) is 6.61 Å². The van der Waals surface area contributed by atoms with Crippen LogP contribution in [0.5, 0.6) is 0 Å². The molecule has 0 spiro atoms. The van der Waals surface area contributed by atoms with Gasteiger partial charge in [-0.25, -0.2) is 9.59 Å². The third kappa shape index (κ3) is 4.70. The summed E-state index contributed by atoms with van der Waals surface area (Å²) in [5.74, 6) is -0.387. The van der Waals surface area contributed by atoms with Crippen molar-refractivity contribution in [2.75, 3.05) is 19.7 Å². The van der Waals surface area contributed by atoms with Crippen molar-refractivity contribution < 1.29 is 19.1 Å². The number of ether oxygens (including phenoxy) is 2. The molecule has 2 N–H and O–H groups in total. The van der Waals surface area contributed by atoms with Crippen LogP contribution in [0.15, 0.2) is 0 Å². The van der Waals surface area contributed by atoms with E-state index >= 15 is 0 Å². The maximum Gasteiger partial charge on any atom is 0.408 e. The molecule has 1 rings (SSSR count). The summed E-state index contributed by atoms with van der Waals surface area (Å²) in [5.41, 5.74) is -1.56. The van der Waals surface area contributed by atoms with Gasteiger partial charge in [-0.3, -0.25) is 0 Å². The van der Waals surface area contributed by atoms with Gasteiger partial charge in [0, 0.05) is 0 Å². The minimum absolute atomic E-state index is 0.296. The van der Waals surface area contributed by atoms with Crippen LogP contribution in [0, 0.1) is 0 Å². The fourth-order valence-electron chi connectivity index (χ4n) is 2.00. The molecular formula is C13H24N2O4. The van der Waals surface area contributed by atoms with Crippen molar-refractivity contribution in [3.8, 4) is 0 Å². The van der Waals surface area contributed by atoms with E-state index < -0.39 is 17.2 Å². The molecule has 6 heteroatoms. The molecule has 0 saturated carbocycles. The van der Waals surface area contributed by atoms with E-state index in [1.165, 1.54) is 0 Å². The first-order chi connectivity index (χ1) is 8.79. The van der Waals surface area contributed by atoms with Gasteiger partial charge in [0.25, 0.3) is 0 Å². The van der Waals surface area contributed by atoms with E-state index in [2.05, 4.69) is 10.6 Å². The first-order valence-electron chi connectivity index (χ1n) is 6.68. The second-order valence-electron chi connectivity index (χ2n) is 5.68. The summed E-state index contributed by atoms with van der Waals surface area (Å²) in [5, 5.41) is 5.86. The zero-order valence-electron chi connectivity index (χ0n) is 12.2. The Morgan fingerprint density at radius 2 is 1.84 bits per heavy atom. The zero-order chi connectivity index (χ0) is 14.5. The molecule has 0 aromatic heterocycles. The number of alkyl carbamates (subject to hydrolysis) is 1. The highest BCUT2D eigenvalue weighted by molar-refractivity contribution is 5.86. The van der Waals surface area contributed by atoms with Gasteiger partial charge in [0.1, 0.15) is 11.1 Å². The van der Waals surface area contributed by atoms with E-state index in [0.29, 0.717) is 32.5 Å². The molecule has 1 amide bonds. The molecule has 0 radical (unpaired) electrons. The fourth-order valence-corrected chi connectivity index (χ4v) is 2.00. The van der Waals surface area contributed by atoms with Crippen LogP contribution in [0.25, 0.3) is 0 Å². The molecule has 0 aromatic rings. The van der Waals surface area contributed by atoms with Crippen LogP contribution < -0.4 is 10.6 Å². The highest BCUT2D eigenvalue weighted by Crippen LogP contribution is 2.21. The number of carbonyl (C=O) groups is 2. The van der Waals surface area contributed by atoms with E-state index in [9.17, 15) is 9.59 Å². The lowest BCUT2D eigenvalue weighted by Crippen LogP contribution is -2.60. The Balaban J connectivity index is 2.74. The van der Waals surface area contributed by atoms with E-state index in [-0.39, 0.29) is 5.97 Å². The molecule has 0 atom stereocenters. The van der Waals surface area contributed by atoms with Crippen molar-refractivity contribution >= 4 is 12.1 Å². The maximum atomic E-state index is 12.1. The minimum Gasteiger partial charge on any atom is -0.464 e. The number of nitrogens with one attached hydrogen (secondary N) is 2. The Kier molecular flexibility index (Phi) is 5.17. The lowest BCUT2D eigenvalue weighted by Gasteiger charge is -2.36. The van der Waals surface area contributed by atoms with Gasteiger partial charge in [-0.15, -0.1) is 0 Å². The number of esters is 1. The monoisotopic (exact) mass is 272 g/mol. The van der Waals surface area contributed by atoms with Crippen molar-refractivity contribution in [2.45, 2.75) is 51.7 Å². The van der Waals surface area contributed by atoms with Gasteiger partial charge in [-0.05, 0) is 53.6 Å². The molecule has 1 aliphatic heterocycles. The summed E-state index contributed by atoms with van der Waals surface area (Å²) in [7, 11) is 0. The van der Waals surface area contributed by atoms with Crippen LogP contribution >= 0.6 is 0 Å².